The normalized spacial score (nSPS) is 18.6. The fourth-order valence-corrected chi connectivity index (χ4v) is 5.32. The molecule has 1 saturated heterocycles. The molecule has 1 atom stereocenters. The first-order valence-electron chi connectivity index (χ1n) is 12.2. The second-order valence-electron chi connectivity index (χ2n) is 9.97. The fourth-order valence-electron chi connectivity index (χ4n) is 5.32. The van der Waals surface area contributed by atoms with Gasteiger partial charge in [0.05, 0.1) is 13.1 Å². The summed E-state index contributed by atoms with van der Waals surface area (Å²) in [5, 5.41) is 14.0. The van der Waals surface area contributed by atoms with Crippen LogP contribution in [-0.2, 0) is 11.3 Å². The van der Waals surface area contributed by atoms with E-state index in [2.05, 4.69) is 26.9 Å². The van der Waals surface area contributed by atoms with Crippen molar-refractivity contribution in [2.24, 2.45) is 17.1 Å². The number of carbonyl (C=O) groups is 1. The molecule has 2 aliphatic rings. The van der Waals surface area contributed by atoms with Crippen LogP contribution in [0.1, 0.15) is 55.8 Å². The van der Waals surface area contributed by atoms with Crippen molar-refractivity contribution >= 4 is 5.91 Å². The lowest BCUT2D eigenvalue weighted by molar-refractivity contribution is -0.120. The van der Waals surface area contributed by atoms with Gasteiger partial charge in [-0.15, -0.1) is 0 Å². The number of aliphatic hydroxyl groups excluding tert-OH is 1. The summed E-state index contributed by atoms with van der Waals surface area (Å²) < 4.78 is 7.41. The van der Waals surface area contributed by atoms with Gasteiger partial charge in [0, 0.05) is 35.5 Å². The average Bonchev–Trinajstić information content (AvgIpc) is 3.47. The van der Waals surface area contributed by atoms with Gasteiger partial charge in [-0.1, -0.05) is 17.0 Å². The molecule has 0 radical (unpaired) electrons. The Morgan fingerprint density at radius 3 is 2.71 bits per heavy atom. The first-order valence-corrected chi connectivity index (χ1v) is 12.2. The molecule has 5 rings (SSSR count). The number of carbonyl (C=O) groups excluding carboxylic acids is 1. The molecule has 1 spiro atoms. The highest BCUT2D eigenvalue weighted by Crippen LogP contribution is 2.52. The summed E-state index contributed by atoms with van der Waals surface area (Å²) in [4.78, 5) is 17.5. The van der Waals surface area contributed by atoms with E-state index >= 15 is 0 Å². The van der Waals surface area contributed by atoms with Crippen LogP contribution in [0, 0.1) is 23.2 Å². The van der Waals surface area contributed by atoms with Crippen LogP contribution >= 0.6 is 0 Å². The van der Waals surface area contributed by atoms with Crippen LogP contribution in [0.3, 0.4) is 0 Å². The number of aromatic nitrogens is 3. The molecule has 1 amide bonds. The van der Waals surface area contributed by atoms with Crippen molar-refractivity contribution in [3.05, 3.63) is 59.8 Å². The maximum absolute atomic E-state index is 11.1. The monoisotopic (exact) mass is 473 g/mol. The van der Waals surface area contributed by atoms with Crippen molar-refractivity contribution in [3.63, 3.8) is 0 Å². The van der Waals surface area contributed by atoms with Crippen molar-refractivity contribution in [3.8, 4) is 23.2 Å². The van der Waals surface area contributed by atoms with Crippen LogP contribution in [0.5, 0.6) is 0 Å². The first kappa shape index (κ1) is 23.3. The molecule has 1 aliphatic heterocycles. The summed E-state index contributed by atoms with van der Waals surface area (Å²) >= 11 is 0. The van der Waals surface area contributed by atoms with Crippen molar-refractivity contribution in [2.45, 2.75) is 45.3 Å². The lowest BCUT2D eigenvalue weighted by Crippen LogP contribution is -2.48. The minimum atomic E-state index is -0.642. The van der Waals surface area contributed by atoms with Crippen LogP contribution in [0.4, 0.5) is 0 Å². The highest BCUT2D eigenvalue weighted by Gasteiger charge is 2.45. The molecule has 1 saturated carbocycles. The highest BCUT2D eigenvalue weighted by molar-refractivity contribution is 5.75. The molecular weight excluding hydrogens is 442 g/mol. The van der Waals surface area contributed by atoms with E-state index in [1.165, 1.54) is 0 Å². The number of rotatable bonds is 6. The SMILES string of the molecule is C[C@H](O)c1nccn1Cc1cc(-c2ccc(C#CC3CC4(CCN(CC(N)=O)CC4)C3)cc2)on1. The van der Waals surface area contributed by atoms with Gasteiger partial charge in [0.15, 0.2) is 5.76 Å². The van der Waals surface area contributed by atoms with Gasteiger partial charge in [-0.3, -0.25) is 9.69 Å². The van der Waals surface area contributed by atoms with Gasteiger partial charge < -0.3 is 19.9 Å². The van der Waals surface area contributed by atoms with E-state index in [4.69, 9.17) is 10.3 Å². The van der Waals surface area contributed by atoms with E-state index in [0.29, 0.717) is 36.0 Å². The molecule has 0 unspecified atom stereocenters. The maximum atomic E-state index is 11.1. The van der Waals surface area contributed by atoms with Crippen LogP contribution in [0.25, 0.3) is 11.3 Å². The van der Waals surface area contributed by atoms with E-state index in [0.717, 1.165) is 55.6 Å². The van der Waals surface area contributed by atoms with Crippen LogP contribution in [0.2, 0.25) is 0 Å². The molecule has 2 aromatic heterocycles. The standard InChI is InChI=1S/C27H31N5O3/c1-19(33)26-29-10-13-32(26)17-23-14-24(35-30-23)22-6-4-20(5-7-22)2-3-21-15-27(16-21)8-11-31(12-9-27)18-25(28)34/h4-7,10,13-14,19,21,33H,8-9,11-12,15-18H2,1H3,(H2,28,34)/t19-/m0/s1. The number of hydrogen-bond donors (Lipinski definition) is 2. The molecule has 1 aromatic carbocycles. The number of amides is 1. The molecule has 35 heavy (non-hydrogen) atoms. The van der Waals surface area contributed by atoms with Gasteiger partial charge in [-0.2, -0.15) is 0 Å². The molecule has 1 aliphatic carbocycles. The summed E-state index contributed by atoms with van der Waals surface area (Å²) in [6, 6.07) is 9.95. The smallest absolute Gasteiger partial charge is 0.231 e. The summed E-state index contributed by atoms with van der Waals surface area (Å²) in [5.41, 5.74) is 8.43. The highest BCUT2D eigenvalue weighted by atomic mass is 16.5. The van der Waals surface area contributed by atoms with E-state index in [1.807, 2.05) is 41.1 Å². The molecule has 0 bridgehead atoms. The molecule has 3 heterocycles. The fraction of sp³-hybridized carbons (Fsp3) is 0.444. The predicted molar refractivity (Wildman–Crippen MR) is 131 cm³/mol. The number of nitrogens with two attached hydrogens (primary N) is 1. The van der Waals surface area contributed by atoms with Crippen molar-refractivity contribution in [1.82, 2.24) is 19.6 Å². The number of aliphatic hydroxyl groups is 1. The van der Waals surface area contributed by atoms with Crippen molar-refractivity contribution in [2.75, 3.05) is 19.6 Å². The number of piperidine rings is 1. The van der Waals surface area contributed by atoms with Gasteiger partial charge >= 0.3 is 0 Å². The molecule has 3 N–H and O–H groups in total. The largest absolute Gasteiger partial charge is 0.385 e. The Hall–Kier alpha value is -3.41. The summed E-state index contributed by atoms with van der Waals surface area (Å²) in [5.74, 6) is 8.29. The van der Waals surface area contributed by atoms with Gasteiger partial charge in [-0.25, -0.2) is 4.98 Å². The summed E-state index contributed by atoms with van der Waals surface area (Å²) in [6.07, 6.45) is 7.41. The second-order valence-corrected chi connectivity index (χ2v) is 9.97. The van der Waals surface area contributed by atoms with E-state index in [9.17, 15) is 9.90 Å². The number of primary amides is 1. The average molecular weight is 474 g/mol. The number of imidazole rings is 1. The quantitative estimate of drug-likeness (QED) is 0.533. The Morgan fingerprint density at radius 2 is 2.03 bits per heavy atom. The van der Waals surface area contributed by atoms with Crippen molar-refractivity contribution in [1.29, 1.82) is 0 Å². The molecule has 8 nitrogen and oxygen atoms in total. The third kappa shape index (κ3) is 5.31. The lowest BCUT2D eigenvalue weighted by Gasteiger charge is -2.50. The van der Waals surface area contributed by atoms with Crippen LogP contribution in [0.15, 0.2) is 47.2 Å². The van der Waals surface area contributed by atoms with Crippen LogP contribution in [-0.4, -0.2) is 50.3 Å². The molecular formula is C27H31N5O3. The number of hydrogen-bond acceptors (Lipinski definition) is 6. The maximum Gasteiger partial charge on any atom is 0.231 e. The van der Waals surface area contributed by atoms with Crippen molar-refractivity contribution < 1.29 is 14.4 Å². The van der Waals surface area contributed by atoms with Gasteiger partial charge in [-0.05, 0) is 75.4 Å². The van der Waals surface area contributed by atoms with Gasteiger partial charge in [0.2, 0.25) is 5.91 Å². The third-order valence-corrected chi connectivity index (χ3v) is 7.26. The first-order chi connectivity index (χ1) is 16.9. The second kappa shape index (κ2) is 9.68. The topological polar surface area (TPSA) is 110 Å². The molecule has 2 fully saturated rings. The minimum absolute atomic E-state index is 0.242. The third-order valence-electron chi connectivity index (χ3n) is 7.26. The number of likely N-dealkylation sites (tertiary alicyclic amines) is 1. The zero-order valence-corrected chi connectivity index (χ0v) is 20.0. The Morgan fingerprint density at radius 1 is 1.29 bits per heavy atom. The predicted octanol–water partition coefficient (Wildman–Crippen LogP) is 2.97. The Labute approximate surface area is 205 Å². The zero-order valence-electron chi connectivity index (χ0n) is 20.0. The zero-order chi connectivity index (χ0) is 24.4. The van der Waals surface area contributed by atoms with E-state index in [1.54, 1.807) is 13.1 Å². The Balaban J connectivity index is 1.14. The van der Waals surface area contributed by atoms with Gasteiger partial charge in [0.25, 0.3) is 0 Å². The molecule has 3 aromatic rings. The number of benzene rings is 1. The number of nitrogens with zero attached hydrogens (tertiary/aromatic N) is 4. The minimum Gasteiger partial charge on any atom is -0.385 e. The Kier molecular flexibility index (Phi) is 6.46. The van der Waals surface area contributed by atoms with Crippen LogP contribution < -0.4 is 5.73 Å². The van der Waals surface area contributed by atoms with E-state index < -0.39 is 6.10 Å². The molecule has 182 valence electrons. The van der Waals surface area contributed by atoms with E-state index in [-0.39, 0.29) is 5.91 Å². The van der Waals surface area contributed by atoms with Gasteiger partial charge in [0.1, 0.15) is 17.6 Å². The Bertz CT molecular complexity index is 1230. The summed E-state index contributed by atoms with van der Waals surface area (Å²) in [7, 11) is 0. The molecule has 8 heteroatoms. The summed E-state index contributed by atoms with van der Waals surface area (Å²) in [6.45, 7) is 4.46. The lowest BCUT2D eigenvalue weighted by atomic mass is 9.58.